The fourth-order valence-electron chi connectivity index (χ4n) is 3.01. The molecular formula is C19H23Cl2NO4. The van der Waals surface area contributed by atoms with Gasteiger partial charge in [0.15, 0.2) is 6.04 Å². The molecular weight excluding hydrogens is 377 g/mol. The summed E-state index contributed by atoms with van der Waals surface area (Å²) in [6.07, 6.45) is 3.60. The lowest BCUT2D eigenvalue weighted by Gasteiger charge is -2.22. The number of benzene rings is 1. The van der Waals surface area contributed by atoms with Crippen LogP contribution in [0.4, 0.5) is 0 Å². The molecule has 1 N–H and O–H groups in total. The summed E-state index contributed by atoms with van der Waals surface area (Å²) in [5, 5.41) is 3.76. The number of esters is 1. The van der Waals surface area contributed by atoms with Gasteiger partial charge in [-0.3, -0.25) is 4.79 Å². The van der Waals surface area contributed by atoms with E-state index >= 15 is 0 Å². The zero-order chi connectivity index (χ0) is 18.9. The van der Waals surface area contributed by atoms with Crippen LogP contribution in [0.2, 0.25) is 10.0 Å². The van der Waals surface area contributed by atoms with Crippen LogP contribution in [-0.4, -0.2) is 38.2 Å². The summed E-state index contributed by atoms with van der Waals surface area (Å²) in [5.74, 6) is -0.754. The molecule has 1 amide bonds. The van der Waals surface area contributed by atoms with Gasteiger partial charge in [0.1, 0.15) is 0 Å². The van der Waals surface area contributed by atoms with Gasteiger partial charge in [-0.05, 0) is 48.8 Å². The number of hydrogen-bond donors (Lipinski definition) is 1. The van der Waals surface area contributed by atoms with Gasteiger partial charge in [-0.15, -0.1) is 0 Å². The maximum atomic E-state index is 12.9. The van der Waals surface area contributed by atoms with E-state index in [0.29, 0.717) is 29.5 Å². The Labute approximate surface area is 163 Å². The summed E-state index contributed by atoms with van der Waals surface area (Å²) in [6, 6.07) is 4.28. The van der Waals surface area contributed by atoms with Crippen molar-refractivity contribution >= 4 is 35.1 Å². The molecule has 26 heavy (non-hydrogen) atoms. The lowest BCUT2D eigenvalue weighted by atomic mass is 9.94. The second-order valence-electron chi connectivity index (χ2n) is 7.58. The fourth-order valence-corrected chi connectivity index (χ4v) is 3.60. The third-order valence-corrected chi connectivity index (χ3v) is 5.81. The van der Waals surface area contributed by atoms with E-state index in [-0.39, 0.29) is 17.9 Å². The molecule has 3 rings (SSSR count). The summed E-state index contributed by atoms with van der Waals surface area (Å²) in [5.41, 5.74) is 0.228. The van der Waals surface area contributed by atoms with Crippen molar-refractivity contribution in [3.63, 3.8) is 0 Å². The first-order valence-corrected chi connectivity index (χ1v) is 9.47. The van der Waals surface area contributed by atoms with Crippen LogP contribution < -0.4 is 5.32 Å². The van der Waals surface area contributed by atoms with E-state index in [1.54, 1.807) is 18.2 Å². The van der Waals surface area contributed by atoms with Gasteiger partial charge in [0.05, 0.1) is 25.7 Å². The Morgan fingerprint density at radius 2 is 1.92 bits per heavy atom. The Morgan fingerprint density at radius 3 is 2.46 bits per heavy atom. The van der Waals surface area contributed by atoms with Crippen LogP contribution in [0.15, 0.2) is 18.2 Å². The van der Waals surface area contributed by atoms with Crippen LogP contribution in [0.25, 0.3) is 0 Å². The Kier molecular flexibility index (Phi) is 5.52. The third-order valence-electron chi connectivity index (χ3n) is 5.26. The summed E-state index contributed by atoms with van der Waals surface area (Å²) in [7, 11) is 1.30. The van der Waals surface area contributed by atoms with E-state index in [0.717, 1.165) is 18.4 Å². The Bertz CT molecular complexity index is 713. The third kappa shape index (κ3) is 4.16. The molecule has 2 aliphatic carbocycles. The summed E-state index contributed by atoms with van der Waals surface area (Å²) in [4.78, 5) is 25.0. The van der Waals surface area contributed by atoms with Crippen molar-refractivity contribution in [3.05, 3.63) is 33.8 Å². The molecule has 142 valence electrons. The Hall–Kier alpha value is -1.30. The second kappa shape index (κ2) is 7.37. The molecule has 2 fully saturated rings. The van der Waals surface area contributed by atoms with Crippen LogP contribution in [0.5, 0.6) is 0 Å². The molecule has 7 heteroatoms. The number of rotatable bonds is 8. The average Bonchev–Trinajstić information content (AvgIpc) is 3.51. The van der Waals surface area contributed by atoms with Crippen molar-refractivity contribution in [1.29, 1.82) is 0 Å². The smallest absolute Gasteiger partial charge is 0.330 e. The van der Waals surface area contributed by atoms with E-state index in [1.165, 1.54) is 7.11 Å². The van der Waals surface area contributed by atoms with Gasteiger partial charge < -0.3 is 14.8 Å². The van der Waals surface area contributed by atoms with Gasteiger partial charge in [-0.25, -0.2) is 4.79 Å². The zero-order valence-electron chi connectivity index (χ0n) is 14.9. The Balaban J connectivity index is 1.67. The fraction of sp³-hybridized carbons (Fsp3) is 0.579. The monoisotopic (exact) mass is 399 g/mol. The highest BCUT2D eigenvalue weighted by Crippen LogP contribution is 2.51. The molecule has 2 saturated carbocycles. The van der Waals surface area contributed by atoms with E-state index in [4.69, 9.17) is 32.7 Å². The number of carbonyl (C=O) groups is 2. The largest absolute Gasteiger partial charge is 0.467 e. The standard InChI is InChI=1S/C19H23Cl2NO4/c1-18(5-6-18)11-26-10-15(16(23)25-2)22-17(24)19(7-8-19)13-4-3-12(20)9-14(13)21/h3-4,9,15H,5-8,10-11H2,1-2H3,(H,22,24)/t15-/m0/s1. The van der Waals surface area contributed by atoms with E-state index < -0.39 is 17.4 Å². The molecule has 0 saturated heterocycles. The highest BCUT2D eigenvalue weighted by Gasteiger charge is 2.53. The number of halogens is 2. The van der Waals surface area contributed by atoms with Crippen LogP contribution in [0, 0.1) is 5.41 Å². The van der Waals surface area contributed by atoms with E-state index in [9.17, 15) is 9.59 Å². The second-order valence-corrected chi connectivity index (χ2v) is 8.42. The first-order valence-electron chi connectivity index (χ1n) is 8.72. The summed E-state index contributed by atoms with van der Waals surface area (Å²) < 4.78 is 10.5. The molecule has 0 aliphatic heterocycles. The molecule has 1 aromatic carbocycles. The van der Waals surface area contributed by atoms with Crippen molar-refractivity contribution in [1.82, 2.24) is 5.32 Å². The van der Waals surface area contributed by atoms with Gasteiger partial charge in [0.25, 0.3) is 0 Å². The molecule has 1 aromatic rings. The number of amides is 1. The number of methoxy groups -OCH3 is 1. The molecule has 0 spiro atoms. The normalized spacial score (nSPS) is 20.2. The maximum Gasteiger partial charge on any atom is 0.330 e. The SMILES string of the molecule is COC(=O)[C@H](COCC1(C)CC1)NC(=O)C1(c2ccc(Cl)cc2Cl)CC1. The minimum Gasteiger partial charge on any atom is -0.467 e. The first kappa shape index (κ1) is 19.5. The first-order chi connectivity index (χ1) is 12.3. The van der Waals surface area contributed by atoms with Crippen LogP contribution in [0.3, 0.4) is 0 Å². The number of hydrogen-bond acceptors (Lipinski definition) is 4. The molecule has 1 atom stereocenters. The quantitative estimate of drug-likeness (QED) is 0.679. The highest BCUT2D eigenvalue weighted by molar-refractivity contribution is 6.35. The number of nitrogens with one attached hydrogen (secondary N) is 1. The van der Waals surface area contributed by atoms with Crippen molar-refractivity contribution in [2.24, 2.45) is 5.41 Å². The predicted octanol–water partition coefficient (Wildman–Crippen LogP) is 3.50. The van der Waals surface area contributed by atoms with E-state index in [2.05, 4.69) is 12.2 Å². The molecule has 0 radical (unpaired) electrons. The van der Waals surface area contributed by atoms with E-state index in [1.807, 2.05) is 0 Å². The average molecular weight is 400 g/mol. The van der Waals surface area contributed by atoms with Crippen molar-refractivity contribution in [3.8, 4) is 0 Å². The molecule has 5 nitrogen and oxygen atoms in total. The molecule has 0 heterocycles. The maximum absolute atomic E-state index is 12.9. The zero-order valence-corrected chi connectivity index (χ0v) is 16.5. The minimum absolute atomic E-state index is 0.0957. The molecule has 0 unspecified atom stereocenters. The van der Waals surface area contributed by atoms with Crippen LogP contribution in [-0.2, 0) is 24.5 Å². The summed E-state index contributed by atoms with van der Waals surface area (Å²) in [6.45, 7) is 2.81. The van der Waals surface area contributed by atoms with Gasteiger partial charge >= 0.3 is 5.97 Å². The van der Waals surface area contributed by atoms with Crippen LogP contribution >= 0.6 is 23.2 Å². The number of ether oxygens (including phenoxy) is 2. The van der Waals surface area contributed by atoms with Gasteiger partial charge in [-0.1, -0.05) is 36.2 Å². The lowest BCUT2D eigenvalue weighted by Crippen LogP contribution is -2.48. The molecule has 0 bridgehead atoms. The van der Waals surface area contributed by atoms with Crippen molar-refractivity contribution in [2.45, 2.75) is 44.1 Å². The molecule has 0 aromatic heterocycles. The van der Waals surface area contributed by atoms with Crippen molar-refractivity contribution < 1.29 is 19.1 Å². The predicted molar refractivity (Wildman–Crippen MR) is 99.5 cm³/mol. The summed E-state index contributed by atoms with van der Waals surface area (Å²) >= 11 is 12.2. The lowest BCUT2D eigenvalue weighted by molar-refractivity contribution is -0.147. The topological polar surface area (TPSA) is 64.6 Å². The molecule has 2 aliphatic rings. The van der Waals surface area contributed by atoms with Gasteiger partial charge in [-0.2, -0.15) is 0 Å². The van der Waals surface area contributed by atoms with Crippen LogP contribution in [0.1, 0.15) is 38.2 Å². The van der Waals surface area contributed by atoms with Gasteiger partial charge in [0.2, 0.25) is 5.91 Å². The van der Waals surface area contributed by atoms with Gasteiger partial charge in [0, 0.05) is 10.0 Å². The Morgan fingerprint density at radius 1 is 1.23 bits per heavy atom. The minimum atomic E-state index is -0.835. The number of carbonyl (C=O) groups excluding carboxylic acids is 2. The highest BCUT2D eigenvalue weighted by atomic mass is 35.5. The van der Waals surface area contributed by atoms with Crippen molar-refractivity contribution in [2.75, 3.05) is 20.3 Å².